The van der Waals surface area contributed by atoms with Gasteiger partial charge in [0.15, 0.2) is 0 Å². The molecule has 0 fully saturated rings. The van der Waals surface area contributed by atoms with Crippen LogP contribution in [-0.4, -0.2) is 34.0 Å². The number of para-hydroxylation sites is 1. The van der Waals surface area contributed by atoms with Gasteiger partial charge in [-0.2, -0.15) is 10.1 Å². The number of phenolic OH excluding ortho intramolecular Hbond substituents is 1. The normalized spacial score (nSPS) is 19.1. The van der Waals surface area contributed by atoms with Crippen LogP contribution in [0, 0.1) is 0 Å². The van der Waals surface area contributed by atoms with E-state index in [1.54, 1.807) is 12.4 Å². The molecule has 0 saturated heterocycles. The van der Waals surface area contributed by atoms with E-state index in [0.717, 1.165) is 23.6 Å². The van der Waals surface area contributed by atoms with E-state index in [4.69, 9.17) is 0 Å². The summed E-state index contributed by atoms with van der Waals surface area (Å²) in [6.07, 6.45) is 2.35. The lowest BCUT2D eigenvalue weighted by Gasteiger charge is -2.32. The van der Waals surface area contributed by atoms with Crippen molar-refractivity contribution in [3.8, 4) is 5.75 Å². The van der Waals surface area contributed by atoms with Gasteiger partial charge in [-0.05, 0) is 30.2 Å². The molecule has 2 aromatic carbocycles. The molecular formula is C19H21N5O. The SMILES string of the molecule is CN(C)c1ccc([C@@H]2C[C@@H](c3ccccc3O)Nc3ncnn32)cc1. The first-order chi connectivity index (χ1) is 12.1. The molecule has 128 valence electrons. The topological polar surface area (TPSA) is 66.2 Å². The fourth-order valence-electron chi connectivity index (χ4n) is 3.38. The molecule has 1 aliphatic heterocycles. The van der Waals surface area contributed by atoms with E-state index in [1.165, 1.54) is 5.56 Å². The van der Waals surface area contributed by atoms with Crippen LogP contribution in [0.1, 0.15) is 29.6 Å². The molecule has 0 aliphatic carbocycles. The quantitative estimate of drug-likeness (QED) is 0.769. The highest BCUT2D eigenvalue weighted by molar-refractivity contribution is 5.48. The maximum absolute atomic E-state index is 10.2. The fourth-order valence-corrected chi connectivity index (χ4v) is 3.38. The highest BCUT2D eigenvalue weighted by Crippen LogP contribution is 2.39. The summed E-state index contributed by atoms with van der Waals surface area (Å²) in [7, 11) is 4.06. The van der Waals surface area contributed by atoms with E-state index in [-0.39, 0.29) is 12.1 Å². The number of benzene rings is 2. The molecule has 2 heterocycles. The van der Waals surface area contributed by atoms with E-state index in [0.29, 0.717) is 5.75 Å². The second-order valence-corrected chi connectivity index (χ2v) is 6.52. The van der Waals surface area contributed by atoms with Crippen molar-refractivity contribution >= 4 is 11.6 Å². The summed E-state index contributed by atoms with van der Waals surface area (Å²) >= 11 is 0. The molecule has 2 atom stereocenters. The van der Waals surface area contributed by atoms with Crippen molar-refractivity contribution in [3.63, 3.8) is 0 Å². The number of aromatic hydroxyl groups is 1. The molecule has 6 heteroatoms. The number of hydrogen-bond acceptors (Lipinski definition) is 5. The van der Waals surface area contributed by atoms with Crippen LogP contribution >= 0.6 is 0 Å². The smallest absolute Gasteiger partial charge is 0.222 e. The number of aromatic nitrogens is 3. The Labute approximate surface area is 146 Å². The highest BCUT2D eigenvalue weighted by atomic mass is 16.3. The summed E-state index contributed by atoms with van der Waals surface area (Å²) in [5, 5.41) is 18.0. The van der Waals surface area contributed by atoms with Crippen LogP contribution in [0.25, 0.3) is 0 Å². The molecule has 25 heavy (non-hydrogen) atoms. The third-order valence-electron chi connectivity index (χ3n) is 4.74. The number of nitrogens with one attached hydrogen (secondary N) is 1. The molecule has 0 amide bonds. The zero-order valence-electron chi connectivity index (χ0n) is 14.3. The Morgan fingerprint density at radius 3 is 2.60 bits per heavy atom. The molecule has 4 rings (SSSR count). The van der Waals surface area contributed by atoms with E-state index >= 15 is 0 Å². The predicted octanol–water partition coefficient (Wildman–Crippen LogP) is 3.20. The summed E-state index contributed by atoms with van der Waals surface area (Å²) in [5.41, 5.74) is 3.22. The standard InChI is InChI=1S/C19H21N5O/c1-23(2)14-9-7-13(8-10-14)17-11-16(15-5-3-4-6-18(15)25)22-19-20-12-21-24(17)19/h3-10,12,16-17,25H,11H2,1-2H3,(H,20,21,22)/t16-,17-/m0/s1. The number of nitrogens with zero attached hydrogens (tertiary/aromatic N) is 4. The summed E-state index contributed by atoms with van der Waals surface area (Å²) < 4.78 is 1.92. The van der Waals surface area contributed by atoms with Crippen molar-refractivity contribution in [2.45, 2.75) is 18.5 Å². The monoisotopic (exact) mass is 335 g/mol. The average Bonchev–Trinajstić information content (AvgIpc) is 3.10. The fraction of sp³-hybridized carbons (Fsp3) is 0.263. The number of fused-ring (bicyclic) bond motifs is 1. The van der Waals surface area contributed by atoms with Crippen molar-refractivity contribution in [3.05, 3.63) is 66.0 Å². The first kappa shape index (κ1) is 15.5. The van der Waals surface area contributed by atoms with Gasteiger partial charge in [-0.25, -0.2) is 4.68 Å². The van der Waals surface area contributed by atoms with Crippen LogP contribution in [0.2, 0.25) is 0 Å². The lowest BCUT2D eigenvalue weighted by atomic mass is 9.93. The summed E-state index contributed by atoms with van der Waals surface area (Å²) in [6.45, 7) is 0. The van der Waals surface area contributed by atoms with Gasteiger partial charge < -0.3 is 15.3 Å². The Kier molecular flexibility index (Phi) is 3.80. The number of rotatable bonds is 3. The average molecular weight is 335 g/mol. The van der Waals surface area contributed by atoms with Crippen molar-refractivity contribution in [1.82, 2.24) is 14.8 Å². The molecule has 0 spiro atoms. The molecule has 6 nitrogen and oxygen atoms in total. The third kappa shape index (κ3) is 2.80. The Hall–Kier alpha value is -3.02. The van der Waals surface area contributed by atoms with Crippen LogP contribution in [-0.2, 0) is 0 Å². The molecular weight excluding hydrogens is 314 g/mol. The van der Waals surface area contributed by atoms with Gasteiger partial charge in [0.05, 0.1) is 12.1 Å². The molecule has 1 aliphatic rings. The van der Waals surface area contributed by atoms with Gasteiger partial charge in [-0.3, -0.25) is 0 Å². The maximum Gasteiger partial charge on any atom is 0.222 e. The van der Waals surface area contributed by atoms with Gasteiger partial charge in [0.1, 0.15) is 12.1 Å². The first-order valence-corrected chi connectivity index (χ1v) is 8.34. The van der Waals surface area contributed by atoms with E-state index in [9.17, 15) is 5.11 Å². The second kappa shape index (κ2) is 6.12. The maximum atomic E-state index is 10.2. The van der Waals surface area contributed by atoms with Gasteiger partial charge in [0.2, 0.25) is 5.95 Å². The summed E-state index contributed by atoms with van der Waals surface area (Å²) in [6, 6.07) is 16.0. The number of hydrogen-bond donors (Lipinski definition) is 2. The Morgan fingerprint density at radius 2 is 1.88 bits per heavy atom. The molecule has 0 bridgehead atoms. The van der Waals surface area contributed by atoms with Crippen LogP contribution in [0.15, 0.2) is 54.9 Å². The van der Waals surface area contributed by atoms with Crippen molar-refractivity contribution in [1.29, 1.82) is 0 Å². The largest absolute Gasteiger partial charge is 0.508 e. The van der Waals surface area contributed by atoms with Gasteiger partial charge >= 0.3 is 0 Å². The van der Waals surface area contributed by atoms with Crippen molar-refractivity contribution < 1.29 is 5.11 Å². The van der Waals surface area contributed by atoms with E-state index in [2.05, 4.69) is 44.6 Å². The van der Waals surface area contributed by atoms with Crippen LogP contribution in [0.5, 0.6) is 5.75 Å². The van der Waals surface area contributed by atoms with Crippen LogP contribution < -0.4 is 10.2 Å². The van der Waals surface area contributed by atoms with Gasteiger partial charge in [0, 0.05) is 25.3 Å². The second-order valence-electron chi connectivity index (χ2n) is 6.52. The first-order valence-electron chi connectivity index (χ1n) is 8.34. The number of anilines is 2. The summed E-state index contributed by atoms with van der Waals surface area (Å²) in [4.78, 5) is 6.42. The van der Waals surface area contributed by atoms with Gasteiger partial charge in [-0.1, -0.05) is 30.3 Å². The zero-order valence-corrected chi connectivity index (χ0v) is 14.3. The Bertz CT molecular complexity index is 872. The van der Waals surface area contributed by atoms with Crippen molar-refractivity contribution in [2.24, 2.45) is 0 Å². The lowest BCUT2D eigenvalue weighted by molar-refractivity contribution is 0.414. The van der Waals surface area contributed by atoms with Gasteiger partial charge in [-0.15, -0.1) is 0 Å². The molecule has 0 radical (unpaired) electrons. The van der Waals surface area contributed by atoms with E-state index in [1.807, 2.05) is 37.0 Å². The minimum atomic E-state index is -0.0172. The molecule has 0 unspecified atom stereocenters. The minimum absolute atomic E-state index is 0.0172. The third-order valence-corrected chi connectivity index (χ3v) is 4.74. The molecule has 1 aromatic heterocycles. The minimum Gasteiger partial charge on any atom is -0.508 e. The predicted molar refractivity (Wildman–Crippen MR) is 98.0 cm³/mol. The Balaban J connectivity index is 1.71. The Morgan fingerprint density at radius 1 is 1.12 bits per heavy atom. The summed E-state index contributed by atoms with van der Waals surface area (Å²) in [5.74, 6) is 1.02. The van der Waals surface area contributed by atoms with Crippen LogP contribution in [0.3, 0.4) is 0 Å². The lowest BCUT2D eigenvalue weighted by Crippen LogP contribution is -2.28. The molecule has 3 aromatic rings. The number of phenols is 1. The molecule has 0 saturated carbocycles. The zero-order chi connectivity index (χ0) is 17.4. The van der Waals surface area contributed by atoms with E-state index < -0.39 is 0 Å². The highest BCUT2D eigenvalue weighted by Gasteiger charge is 2.30. The van der Waals surface area contributed by atoms with Gasteiger partial charge in [0.25, 0.3) is 0 Å². The van der Waals surface area contributed by atoms with Crippen LogP contribution in [0.4, 0.5) is 11.6 Å². The molecule has 2 N–H and O–H groups in total. The van der Waals surface area contributed by atoms with Crippen molar-refractivity contribution in [2.75, 3.05) is 24.3 Å².